The van der Waals surface area contributed by atoms with Crippen molar-refractivity contribution in [2.45, 2.75) is 46.1 Å². The molecule has 26 heavy (non-hydrogen) atoms. The van der Waals surface area contributed by atoms with E-state index in [9.17, 15) is 0 Å². The van der Waals surface area contributed by atoms with E-state index in [0.29, 0.717) is 13.2 Å². The first-order valence-electron chi connectivity index (χ1n) is 10.2. The van der Waals surface area contributed by atoms with Crippen LogP contribution in [0, 0.1) is 5.92 Å². The Morgan fingerprint density at radius 2 is 2.15 bits per heavy atom. The third kappa shape index (κ3) is 8.23. The fraction of sp³-hybridized carbons (Fsp3) is 0.750. The zero-order valence-electron chi connectivity index (χ0n) is 16.5. The van der Waals surface area contributed by atoms with Gasteiger partial charge in [0.15, 0.2) is 5.96 Å². The van der Waals surface area contributed by atoms with E-state index in [-0.39, 0.29) is 0 Å². The summed E-state index contributed by atoms with van der Waals surface area (Å²) in [5.74, 6) is 2.64. The molecule has 0 radical (unpaired) electrons. The molecule has 1 aliphatic heterocycles. The van der Waals surface area contributed by atoms with Crippen LogP contribution >= 0.6 is 0 Å². The van der Waals surface area contributed by atoms with Crippen LogP contribution in [-0.4, -0.2) is 56.7 Å². The van der Waals surface area contributed by atoms with E-state index in [1.54, 1.807) is 6.26 Å². The summed E-state index contributed by atoms with van der Waals surface area (Å²) in [4.78, 5) is 7.18. The summed E-state index contributed by atoms with van der Waals surface area (Å²) in [5.41, 5.74) is 0. The van der Waals surface area contributed by atoms with Crippen LogP contribution < -0.4 is 10.6 Å². The molecule has 2 rings (SSSR count). The molecule has 6 heteroatoms. The fourth-order valence-corrected chi connectivity index (χ4v) is 3.25. The Bertz CT molecular complexity index is 482. The van der Waals surface area contributed by atoms with E-state index in [2.05, 4.69) is 34.4 Å². The standard InChI is InChI=1S/C20H36N4O2/c1-3-21-20(22-11-6-15-25-17-19-7-5-16-26-19)23-12-8-18-9-13-24(4-2)14-10-18/h5,7,16,18H,3-4,6,8-15,17H2,1-2H3,(H2,21,22,23). The predicted octanol–water partition coefficient (Wildman–Crippen LogP) is 2.86. The number of piperidine rings is 1. The molecule has 0 bridgehead atoms. The molecule has 0 aromatic carbocycles. The summed E-state index contributed by atoms with van der Waals surface area (Å²) < 4.78 is 10.8. The molecule has 1 aliphatic rings. The van der Waals surface area contributed by atoms with Crippen LogP contribution in [0.2, 0.25) is 0 Å². The minimum Gasteiger partial charge on any atom is -0.467 e. The van der Waals surface area contributed by atoms with Gasteiger partial charge in [-0.25, -0.2) is 0 Å². The number of likely N-dealkylation sites (tertiary alicyclic amines) is 1. The first-order valence-corrected chi connectivity index (χ1v) is 10.2. The number of guanidine groups is 1. The molecule has 0 unspecified atom stereocenters. The summed E-state index contributed by atoms with van der Waals surface area (Å²) in [7, 11) is 0. The molecule has 1 aromatic rings. The summed E-state index contributed by atoms with van der Waals surface area (Å²) in [5, 5.41) is 6.80. The second kappa shape index (κ2) is 12.8. The molecule has 0 saturated carbocycles. The second-order valence-electron chi connectivity index (χ2n) is 6.84. The maximum atomic E-state index is 5.59. The molecule has 0 amide bonds. The SMILES string of the molecule is CCNC(=NCCCOCc1ccco1)NCCC1CCN(CC)CC1. The number of hydrogen-bond acceptors (Lipinski definition) is 4. The summed E-state index contributed by atoms with van der Waals surface area (Å²) in [6.45, 7) is 11.9. The van der Waals surface area contributed by atoms with Crippen LogP contribution in [-0.2, 0) is 11.3 Å². The van der Waals surface area contributed by atoms with Crippen LogP contribution in [0.25, 0.3) is 0 Å². The van der Waals surface area contributed by atoms with Gasteiger partial charge in [-0.05, 0) is 70.3 Å². The van der Waals surface area contributed by atoms with E-state index < -0.39 is 0 Å². The highest BCUT2D eigenvalue weighted by Crippen LogP contribution is 2.19. The second-order valence-corrected chi connectivity index (χ2v) is 6.84. The smallest absolute Gasteiger partial charge is 0.191 e. The normalized spacial score (nSPS) is 16.8. The van der Waals surface area contributed by atoms with Gasteiger partial charge in [-0.1, -0.05) is 6.92 Å². The fourth-order valence-electron chi connectivity index (χ4n) is 3.25. The van der Waals surface area contributed by atoms with Crippen LogP contribution in [0.15, 0.2) is 27.8 Å². The zero-order chi connectivity index (χ0) is 18.5. The minimum atomic E-state index is 0.534. The molecule has 2 heterocycles. The molecule has 0 atom stereocenters. The van der Waals surface area contributed by atoms with Gasteiger partial charge >= 0.3 is 0 Å². The number of nitrogens with one attached hydrogen (secondary N) is 2. The van der Waals surface area contributed by atoms with E-state index in [1.807, 2.05) is 12.1 Å². The lowest BCUT2D eigenvalue weighted by atomic mass is 9.93. The van der Waals surface area contributed by atoms with Crippen molar-refractivity contribution in [3.05, 3.63) is 24.2 Å². The maximum Gasteiger partial charge on any atom is 0.191 e. The lowest BCUT2D eigenvalue weighted by Crippen LogP contribution is -2.39. The van der Waals surface area contributed by atoms with Crippen LogP contribution in [0.4, 0.5) is 0 Å². The molecule has 1 fully saturated rings. The van der Waals surface area contributed by atoms with Crippen molar-refractivity contribution in [3.8, 4) is 0 Å². The lowest BCUT2D eigenvalue weighted by Gasteiger charge is -2.31. The Kier molecular flexibility index (Phi) is 10.2. The lowest BCUT2D eigenvalue weighted by molar-refractivity contribution is 0.105. The minimum absolute atomic E-state index is 0.534. The summed E-state index contributed by atoms with van der Waals surface area (Å²) in [6, 6.07) is 3.81. The number of furan rings is 1. The van der Waals surface area contributed by atoms with Crippen LogP contribution in [0.5, 0.6) is 0 Å². The third-order valence-electron chi connectivity index (χ3n) is 4.88. The third-order valence-corrected chi connectivity index (χ3v) is 4.88. The van der Waals surface area contributed by atoms with Gasteiger partial charge in [0, 0.05) is 26.2 Å². The largest absolute Gasteiger partial charge is 0.467 e. The topological polar surface area (TPSA) is 62.0 Å². The number of rotatable bonds is 11. The Hall–Kier alpha value is -1.53. The Labute approximate surface area is 158 Å². The molecule has 1 saturated heterocycles. The summed E-state index contributed by atoms with van der Waals surface area (Å²) >= 11 is 0. The predicted molar refractivity (Wildman–Crippen MR) is 106 cm³/mol. The van der Waals surface area contributed by atoms with Crippen LogP contribution in [0.3, 0.4) is 0 Å². The molecule has 1 aromatic heterocycles. The van der Waals surface area contributed by atoms with Gasteiger partial charge in [0.2, 0.25) is 0 Å². The average Bonchev–Trinajstić information content (AvgIpc) is 3.18. The quantitative estimate of drug-likeness (QED) is 0.359. The molecule has 0 spiro atoms. The van der Waals surface area contributed by atoms with Crippen molar-refractivity contribution in [1.82, 2.24) is 15.5 Å². The van der Waals surface area contributed by atoms with Gasteiger partial charge in [0.05, 0.1) is 6.26 Å². The van der Waals surface area contributed by atoms with Crippen LogP contribution in [0.1, 0.15) is 45.3 Å². The maximum absolute atomic E-state index is 5.59. The monoisotopic (exact) mass is 364 g/mol. The Morgan fingerprint density at radius 1 is 1.31 bits per heavy atom. The van der Waals surface area contributed by atoms with Gasteiger partial charge in [-0.2, -0.15) is 0 Å². The molecule has 148 valence electrons. The zero-order valence-corrected chi connectivity index (χ0v) is 16.5. The van der Waals surface area contributed by atoms with Crippen molar-refractivity contribution in [2.24, 2.45) is 10.9 Å². The van der Waals surface area contributed by atoms with Gasteiger partial charge in [-0.15, -0.1) is 0 Å². The van der Waals surface area contributed by atoms with E-state index >= 15 is 0 Å². The average molecular weight is 365 g/mol. The molecule has 6 nitrogen and oxygen atoms in total. The molecular formula is C20H36N4O2. The highest BCUT2D eigenvalue weighted by molar-refractivity contribution is 5.79. The highest BCUT2D eigenvalue weighted by atomic mass is 16.5. The van der Waals surface area contributed by atoms with E-state index in [4.69, 9.17) is 9.15 Å². The summed E-state index contributed by atoms with van der Waals surface area (Å²) in [6.07, 6.45) is 6.47. The van der Waals surface area contributed by atoms with Crippen molar-refractivity contribution in [3.63, 3.8) is 0 Å². The van der Waals surface area contributed by atoms with Crippen molar-refractivity contribution >= 4 is 5.96 Å². The molecule has 0 aliphatic carbocycles. The highest BCUT2D eigenvalue weighted by Gasteiger charge is 2.17. The number of ether oxygens (including phenoxy) is 1. The van der Waals surface area contributed by atoms with Crippen molar-refractivity contribution in [1.29, 1.82) is 0 Å². The van der Waals surface area contributed by atoms with E-state index in [1.165, 1.54) is 38.9 Å². The first kappa shape index (κ1) is 20.8. The van der Waals surface area contributed by atoms with E-state index in [0.717, 1.165) is 43.7 Å². The van der Waals surface area contributed by atoms with Crippen molar-refractivity contribution in [2.75, 3.05) is 45.9 Å². The Morgan fingerprint density at radius 3 is 2.85 bits per heavy atom. The first-order chi connectivity index (χ1) is 12.8. The molecule has 2 N–H and O–H groups in total. The van der Waals surface area contributed by atoms with Crippen molar-refractivity contribution < 1.29 is 9.15 Å². The number of hydrogen-bond donors (Lipinski definition) is 2. The van der Waals surface area contributed by atoms with Gasteiger partial charge < -0.3 is 24.7 Å². The number of aliphatic imine (C=N–C) groups is 1. The molecular weight excluding hydrogens is 328 g/mol. The number of nitrogens with zero attached hydrogens (tertiary/aromatic N) is 2. The van der Waals surface area contributed by atoms with Gasteiger partial charge in [-0.3, -0.25) is 4.99 Å². The van der Waals surface area contributed by atoms with Gasteiger partial charge in [0.25, 0.3) is 0 Å². The Balaban J connectivity index is 1.55. The van der Waals surface area contributed by atoms with Gasteiger partial charge in [0.1, 0.15) is 12.4 Å².